The van der Waals surface area contributed by atoms with Crippen LogP contribution in [-0.4, -0.2) is 35.7 Å². The van der Waals surface area contributed by atoms with E-state index in [0.717, 1.165) is 0 Å². The molecule has 1 aliphatic heterocycles. The molecule has 1 heterocycles. The number of alkyl halides is 3. The number of hydrogen-bond acceptors (Lipinski definition) is 2. The molecule has 0 aromatic heterocycles. The predicted octanol–water partition coefficient (Wildman–Crippen LogP) is 1.61. The third-order valence-electron chi connectivity index (χ3n) is 2.08. The Balaban J connectivity index is 3.01. The third-order valence-corrected chi connectivity index (χ3v) is 2.08. The summed E-state index contributed by atoms with van der Waals surface area (Å²) in [6, 6.07) is 0. The minimum atomic E-state index is -4.83. The maximum absolute atomic E-state index is 12.1. The zero-order valence-electron chi connectivity index (χ0n) is 7.56. The molecule has 1 N–H and O–H groups in total. The van der Waals surface area contributed by atoms with Crippen molar-refractivity contribution >= 4 is 5.91 Å². The molecule has 0 atom stereocenters. The Morgan fingerprint density at radius 3 is 2.57 bits per heavy atom. The van der Waals surface area contributed by atoms with Crippen molar-refractivity contribution in [3.8, 4) is 0 Å². The standard InChI is InChI=1S/C8H10F3NO2/c1-12-4-2-3-5(7(12)14)6(13)8(9,10)11/h13H,2-4H2,1H3/b6-5+. The smallest absolute Gasteiger partial charge is 0.449 e. The maximum Gasteiger partial charge on any atom is 0.449 e. The lowest BCUT2D eigenvalue weighted by molar-refractivity contribution is -0.134. The van der Waals surface area contributed by atoms with Crippen molar-refractivity contribution in [1.82, 2.24) is 4.90 Å². The van der Waals surface area contributed by atoms with Gasteiger partial charge in [0, 0.05) is 13.6 Å². The fraction of sp³-hybridized carbons (Fsp3) is 0.625. The van der Waals surface area contributed by atoms with E-state index >= 15 is 0 Å². The number of allylic oxidation sites excluding steroid dienone is 1. The molecule has 1 aliphatic rings. The molecule has 0 bridgehead atoms. The normalized spacial score (nSPS) is 22.6. The molecule has 0 unspecified atom stereocenters. The second-order valence-electron chi connectivity index (χ2n) is 3.16. The molecule has 1 amide bonds. The SMILES string of the molecule is CN1CCC/C(=C(\O)C(F)(F)F)C1=O. The van der Waals surface area contributed by atoms with Gasteiger partial charge in [0.25, 0.3) is 5.91 Å². The van der Waals surface area contributed by atoms with Gasteiger partial charge < -0.3 is 10.0 Å². The molecule has 14 heavy (non-hydrogen) atoms. The van der Waals surface area contributed by atoms with Crippen LogP contribution in [0.4, 0.5) is 13.2 Å². The summed E-state index contributed by atoms with van der Waals surface area (Å²) >= 11 is 0. The number of rotatable bonds is 0. The first kappa shape index (κ1) is 10.9. The highest BCUT2D eigenvalue weighted by atomic mass is 19.4. The molecule has 0 saturated carbocycles. The first-order valence-electron chi connectivity index (χ1n) is 4.09. The maximum atomic E-state index is 12.1. The summed E-state index contributed by atoms with van der Waals surface area (Å²) in [5.74, 6) is -2.50. The minimum absolute atomic E-state index is 0.0193. The van der Waals surface area contributed by atoms with Crippen molar-refractivity contribution in [3.63, 3.8) is 0 Å². The molecule has 0 spiro atoms. The van der Waals surface area contributed by atoms with Crippen LogP contribution < -0.4 is 0 Å². The fourth-order valence-corrected chi connectivity index (χ4v) is 1.32. The monoisotopic (exact) mass is 209 g/mol. The average molecular weight is 209 g/mol. The second-order valence-corrected chi connectivity index (χ2v) is 3.16. The molecule has 1 fully saturated rings. The van der Waals surface area contributed by atoms with Crippen molar-refractivity contribution in [1.29, 1.82) is 0 Å². The Labute approximate surface area is 78.8 Å². The van der Waals surface area contributed by atoms with Crippen LogP contribution in [-0.2, 0) is 4.79 Å². The van der Waals surface area contributed by atoms with E-state index in [0.29, 0.717) is 13.0 Å². The van der Waals surface area contributed by atoms with E-state index in [1.54, 1.807) is 0 Å². The second kappa shape index (κ2) is 3.51. The Kier molecular flexibility index (Phi) is 2.73. The fourth-order valence-electron chi connectivity index (χ4n) is 1.32. The van der Waals surface area contributed by atoms with E-state index in [1.165, 1.54) is 11.9 Å². The molecule has 3 nitrogen and oxygen atoms in total. The molecular weight excluding hydrogens is 199 g/mol. The number of aliphatic hydroxyl groups excluding tert-OH is 1. The van der Waals surface area contributed by atoms with E-state index < -0.39 is 23.4 Å². The lowest BCUT2D eigenvalue weighted by Crippen LogP contribution is -2.35. The van der Waals surface area contributed by atoms with Crippen molar-refractivity contribution in [2.75, 3.05) is 13.6 Å². The molecule has 6 heteroatoms. The van der Waals surface area contributed by atoms with Gasteiger partial charge in [-0.1, -0.05) is 0 Å². The molecular formula is C8H10F3NO2. The lowest BCUT2D eigenvalue weighted by atomic mass is 10.0. The summed E-state index contributed by atoms with van der Waals surface area (Å²) in [6.07, 6.45) is -4.41. The number of piperidine rings is 1. The molecule has 1 saturated heterocycles. The van der Waals surface area contributed by atoms with Crippen molar-refractivity contribution in [2.24, 2.45) is 0 Å². The van der Waals surface area contributed by atoms with Gasteiger partial charge in [-0.25, -0.2) is 0 Å². The van der Waals surface area contributed by atoms with Crippen LogP contribution in [0, 0.1) is 0 Å². The Hall–Kier alpha value is -1.20. The van der Waals surface area contributed by atoms with E-state index in [9.17, 15) is 18.0 Å². The predicted molar refractivity (Wildman–Crippen MR) is 42.6 cm³/mol. The van der Waals surface area contributed by atoms with Gasteiger partial charge in [-0.2, -0.15) is 13.2 Å². The summed E-state index contributed by atoms with van der Waals surface area (Å²) in [7, 11) is 1.41. The number of hydrogen-bond donors (Lipinski definition) is 1. The summed E-state index contributed by atoms with van der Waals surface area (Å²) in [5, 5.41) is 8.81. The average Bonchev–Trinajstić information content (AvgIpc) is 2.07. The summed E-state index contributed by atoms with van der Waals surface area (Å²) in [5.41, 5.74) is -0.536. The highest BCUT2D eigenvalue weighted by Crippen LogP contribution is 2.30. The van der Waals surface area contributed by atoms with Crippen molar-refractivity contribution in [3.05, 3.63) is 11.3 Å². The number of likely N-dealkylation sites (tertiary alicyclic amines) is 1. The van der Waals surface area contributed by atoms with Crippen LogP contribution in [0.15, 0.2) is 11.3 Å². The third kappa shape index (κ3) is 2.00. The summed E-state index contributed by atoms with van der Waals surface area (Å²) in [6.45, 7) is 0.424. The van der Waals surface area contributed by atoms with Crippen LogP contribution in [0.25, 0.3) is 0 Å². The van der Waals surface area contributed by atoms with E-state index in [-0.39, 0.29) is 6.42 Å². The van der Waals surface area contributed by atoms with Crippen LogP contribution in [0.5, 0.6) is 0 Å². The van der Waals surface area contributed by atoms with Crippen molar-refractivity contribution < 1.29 is 23.1 Å². The molecule has 0 aromatic rings. The number of likely N-dealkylation sites (N-methyl/N-ethyl adjacent to an activating group) is 1. The zero-order chi connectivity index (χ0) is 10.9. The summed E-state index contributed by atoms with van der Waals surface area (Å²) < 4.78 is 36.2. The molecule has 0 radical (unpaired) electrons. The summed E-state index contributed by atoms with van der Waals surface area (Å²) in [4.78, 5) is 12.4. The largest absolute Gasteiger partial charge is 0.504 e. The van der Waals surface area contributed by atoms with Crippen LogP contribution in [0.3, 0.4) is 0 Å². The number of carbonyl (C=O) groups excluding carboxylic acids is 1. The molecule has 1 rings (SSSR count). The van der Waals surface area contributed by atoms with E-state index in [1.807, 2.05) is 0 Å². The zero-order valence-corrected chi connectivity index (χ0v) is 7.56. The first-order chi connectivity index (χ1) is 6.34. The van der Waals surface area contributed by atoms with E-state index in [2.05, 4.69) is 0 Å². The van der Waals surface area contributed by atoms with Crippen LogP contribution >= 0.6 is 0 Å². The molecule has 0 aliphatic carbocycles. The van der Waals surface area contributed by atoms with Gasteiger partial charge in [0.1, 0.15) is 0 Å². The molecule has 80 valence electrons. The number of aliphatic hydroxyl groups is 1. The van der Waals surface area contributed by atoms with E-state index in [4.69, 9.17) is 5.11 Å². The van der Waals surface area contributed by atoms with Gasteiger partial charge in [0.05, 0.1) is 5.57 Å². The number of amides is 1. The molecule has 0 aromatic carbocycles. The van der Waals surface area contributed by atoms with Crippen LogP contribution in [0.1, 0.15) is 12.8 Å². The topological polar surface area (TPSA) is 40.5 Å². The number of nitrogens with zero attached hydrogens (tertiary/aromatic N) is 1. The van der Waals surface area contributed by atoms with Crippen LogP contribution in [0.2, 0.25) is 0 Å². The number of halogens is 3. The van der Waals surface area contributed by atoms with Crippen molar-refractivity contribution in [2.45, 2.75) is 19.0 Å². The number of carbonyl (C=O) groups is 1. The Morgan fingerprint density at radius 2 is 2.07 bits per heavy atom. The van der Waals surface area contributed by atoms with Gasteiger partial charge >= 0.3 is 6.18 Å². The quantitative estimate of drug-likeness (QED) is 0.486. The van der Waals surface area contributed by atoms with Gasteiger partial charge in [-0.15, -0.1) is 0 Å². The minimum Gasteiger partial charge on any atom is -0.504 e. The Morgan fingerprint density at radius 1 is 1.50 bits per heavy atom. The van der Waals surface area contributed by atoms with Gasteiger partial charge in [0.2, 0.25) is 5.76 Å². The van der Waals surface area contributed by atoms with Gasteiger partial charge in [0.15, 0.2) is 0 Å². The highest BCUT2D eigenvalue weighted by molar-refractivity contribution is 5.94. The van der Waals surface area contributed by atoms with Gasteiger partial charge in [-0.3, -0.25) is 4.79 Å². The van der Waals surface area contributed by atoms with Gasteiger partial charge in [-0.05, 0) is 12.8 Å². The highest BCUT2D eigenvalue weighted by Gasteiger charge is 2.39. The lowest BCUT2D eigenvalue weighted by Gasteiger charge is -2.25. The Bertz CT molecular complexity index is 283. The first-order valence-corrected chi connectivity index (χ1v) is 4.09.